The van der Waals surface area contributed by atoms with E-state index in [4.69, 9.17) is 0 Å². The van der Waals surface area contributed by atoms with Crippen molar-refractivity contribution < 1.29 is 4.39 Å². The number of rotatable bonds is 1. The zero-order valence-electron chi connectivity index (χ0n) is 7.84. The molecule has 1 aromatic rings. The van der Waals surface area contributed by atoms with Crippen molar-refractivity contribution in [1.82, 2.24) is 0 Å². The second-order valence-corrected chi connectivity index (χ2v) is 4.54. The lowest BCUT2D eigenvalue weighted by Gasteiger charge is -2.20. The minimum absolute atomic E-state index is 0.162. The molecule has 0 saturated heterocycles. The fourth-order valence-electron chi connectivity index (χ4n) is 1.86. The first-order valence-electron chi connectivity index (χ1n) is 4.88. The second-order valence-electron chi connectivity index (χ2n) is 3.62. The van der Waals surface area contributed by atoms with Crippen molar-refractivity contribution >= 4 is 15.9 Å². The summed E-state index contributed by atoms with van der Waals surface area (Å²) in [6, 6.07) is 6.81. The third-order valence-electron chi connectivity index (χ3n) is 2.64. The van der Waals surface area contributed by atoms with Gasteiger partial charge in [0.2, 0.25) is 0 Å². The zero-order chi connectivity index (χ0) is 9.97. The molecule has 74 valence electrons. The van der Waals surface area contributed by atoms with Crippen molar-refractivity contribution in [3.05, 3.63) is 46.2 Å². The Hall–Kier alpha value is -0.630. The Balaban J connectivity index is 2.26. The quantitative estimate of drug-likeness (QED) is 0.698. The van der Waals surface area contributed by atoms with E-state index in [-0.39, 0.29) is 5.82 Å². The van der Waals surface area contributed by atoms with Crippen LogP contribution in [0.25, 0.3) is 0 Å². The maximum Gasteiger partial charge on any atom is 0.123 e. The van der Waals surface area contributed by atoms with E-state index in [2.05, 4.69) is 22.0 Å². The highest BCUT2D eigenvalue weighted by Gasteiger charge is 2.17. The normalized spacial score (nSPS) is 21.9. The SMILES string of the molecule is Fc1ccc([C@@H]2CCCC=C2Br)cc1. The highest BCUT2D eigenvalue weighted by molar-refractivity contribution is 9.11. The summed E-state index contributed by atoms with van der Waals surface area (Å²) in [5, 5.41) is 0. The Morgan fingerprint density at radius 2 is 1.93 bits per heavy atom. The maximum absolute atomic E-state index is 12.7. The average molecular weight is 255 g/mol. The van der Waals surface area contributed by atoms with Gasteiger partial charge >= 0.3 is 0 Å². The topological polar surface area (TPSA) is 0 Å². The van der Waals surface area contributed by atoms with E-state index in [0.717, 1.165) is 12.8 Å². The van der Waals surface area contributed by atoms with Gasteiger partial charge in [-0.1, -0.05) is 34.1 Å². The summed E-state index contributed by atoms with van der Waals surface area (Å²) in [6.45, 7) is 0. The van der Waals surface area contributed by atoms with Gasteiger partial charge in [-0.3, -0.25) is 0 Å². The molecule has 0 aromatic heterocycles. The lowest BCUT2D eigenvalue weighted by molar-refractivity contribution is 0.620. The molecule has 0 bridgehead atoms. The lowest BCUT2D eigenvalue weighted by Crippen LogP contribution is -2.02. The Bertz CT molecular complexity index is 340. The molecule has 2 heteroatoms. The van der Waals surface area contributed by atoms with Crippen LogP contribution < -0.4 is 0 Å². The summed E-state index contributed by atoms with van der Waals surface area (Å²) in [4.78, 5) is 0. The van der Waals surface area contributed by atoms with Crippen LogP contribution in [-0.2, 0) is 0 Å². The summed E-state index contributed by atoms with van der Waals surface area (Å²) >= 11 is 3.58. The predicted octanol–water partition coefficient (Wildman–Crippen LogP) is 4.37. The molecule has 0 amide bonds. The summed E-state index contributed by atoms with van der Waals surface area (Å²) in [5.41, 5.74) is 1.20. The third-order valence-corrected chi connectivity index (χ3v) is 3.52. The molecule has 0 unspecified atom stereocenters. The van der Waals surface area contributed by atoms with Gasteiger partial charge in [-0.15, -0.1) is 0 Å². The number of allylic oxidation sites excluding steroid dienone is 2. The van der Waals surface area contributed by atoms with Crippen LogP contribution in [0.3, 0.4) is 0 Å². The van der Waals surface area contributed by atoms with Crippen molar-refractivity contribution in [1.29, 1.82) is 0 Å². The maximum atomic E-state index is 12.7. The van der Waals surface area contributed by atoms with Crippen LogP contribution in [0.15, 0.2) is 34.8 Å². The summed E-state index contributed by atoms with van der Waals surface area (Å²) in [6.07, 6.45) is 5.75. The Kier molecular flexibility index (Phi) is 3.02. The number of benzene rings is 1. The molecule has 1 aliphatic rings. The fraction of sp³-hybridized carbons (Fsp3) is 0.333. The molecule has 0 heterocycles. The molecule has 0 fully saturated rings. The summed E-state index contributed by atoms with van der Waals surface area (Å²) < 4.78 is 14.0. The van der Waals surface area contributed by atoms with Gasteiger partial charge in [-0.25, -0.2) is 4.39 Å². The molecule has 0 radical (unpaired) electrons. The van der Waals surface area contributed by atoms with Gasteiger partial charge in [-0.05, 0) is 41.4 Å². The number of hydrogen-bond donors (Lipinski definition) is 0. The summed E-state index contributed by atoms with van der Waals surface area (Å²) in [7, 11) is 0. The van der Waals surface area contributed by atoms with E-state index in [1.165, 1.54) is 28.6 Å². The largest absolute Gasteiger partial charge is 0.207 e. The van der Waals surface area contributed by atoms with Crippen LogP contribution >= 0.6 is 15.9 Å². The van der Waals surface area contributed by atoms with Gasteiger partial charge in [-0.2, -0.15) is 0 Å². The number of hydrogen-bond acceptors (Lipinski definition) is 0. The number of halogens is 2. The highest BCUT2D eigenvalue weighted by atomic mass is 79.9. The first-order chi connectivity index (χ1) is 6.77. The van der Waals surface area contributed by atoms with E-state index < -0.39 is 0 Å². The van der Waals surface area contributed by atoms with Gasteiger partial charge in [0.05, 0.1) is 0 Å². The second kappa shape index (κ2) is 4.26. The molecule has 0 N–H and O–H groups in total. The first kappa shape index (κ1) is 9.91. The van der Waals surface area contributed by atoms with Gasteiger partial charge < -0.3 is 0 Å². The molecule has 0 saturated carbocycles. The van der Waals surface area contributed by atoms with Crippen molar-refractivity contribution in [2.24, 2.45) is 0 Å². The molecule has 1 aliphatic carbocycles. The molecule has 0 spiro atoms. The van der Waals surface area contributed by atoms with E-state index in [0.29, 0.717) is 5.92 Å². The molecule has 1 aromatic carbocycles. The van der Waals surface area contributed by atoms with Crippen LogP contribution in [0.1, 0.15) is 30.7 Å². The molecule has 0 aliphatic heterocycles. The monoisotopic (exact) mass is 254 g/mol. The smallest absolute Gasteiger partial charge is 0.123 e. The molecule has 1 atom stereocenters. The molecule has 0 nitrogen and oxygen atoms in total. The van der Waals surface area contributed by atoms with Crippen molar-refractivity contribution in [2.45, 2.75) is 25.2 Å². The highest BCUT2D eigenvalue weighted by Crippen LogP contribution is 2.37. The van der Waals surface area contributed by atoms with E-state index in [1.807, 2.05) is 12.1 Å². The van der Waals surface area contributed by atoms with Gasteiger partial charge in [0, 0.05) is 5.92 Å². The Morgan fingerprint density at radius 3 is 2.57 bits per heavy atom. The van der Waals surface area contributed by atoms with Crippen LogP contribution in [0.4, 0.5) is 4.39 Å². The molecular weight excluding hydrogens is 243 g/mol. The van der Waals surface area contributed by atoms with Crippen LogP contribution in [0, 0.1) is 5.82 Å². The predicted molar refractivity (Wildman–Crippen MR) is 60.0 cm³/mol. The van der Waals surface area contributed by atoms with E-state index in [9.17, 15) is 4.39 Å². The zero-order valence-corrected chi connectivity index (χ0v) is 9.43. The van der Waals surface area contributed by atoms with Crippen molar-refractivity contribution in [3.8, 4) is 0 Å². The summed E-state index contributed by atoms with van der Waals surface area (Å²) in [5.74, 6) is 0.272. The standard InChI is InChI=1S/C12H12BrF/c13-12-4-2-1-3-11(12)9-5-7-10(14)8-6-9/h4-8,11H,1-3H2/t11-/m0/s1. The Labute approximate surface area is 92.0 Å². The first-order valence-corrected chi connectivity index (χ1v) is 5.67. The van der Waals surface area contributed by atoms with E-state index in [1.54, 1.807) is 0 Å². The van der Waals surface area contributed by atoms with Crippen LogP contribution in [-0.4, -0.2) is 0 Å². The minimum Gasteiger partial charge on any atom is -0.207 e. The van der Waals surface area contributed by atoms with Crippen LogP contribution in [0.5, 0.6) is 0 Å². The van der Waals surface area contributed by atoms with Gasteiger partial charge in [0.25, 0.3) is 0 Å². The third kappa shape index (κ3) is 2.06. The average Bonchev–Trinajstić information content (AvgIpc) is 2.20. The van der Waals surface area contributed by atoms with Crippen molar-refractivity contribution in [3.63, 3.8) is 0 Å². The lowest BCUT2D eigenvalue weighted by atomic mass is 9.89. The van der Waals surface area contributed by atoms with Crippen molar-refractivity contribution in [2.75, 3.05) is 0 Å². The molecular formula is C12H12BrF. The molecule has 14 heavy (non-hydrogen) atoms. The fourth-order valence-corrected chi connectivity index (χ4v) is 2.59. The van der Waals surface area contributed by atoms with Gasteiger partial charge in [0.1, 0.15) is 5.82 Å². The van der Waals surface area contributed by atoms with E-state index >= 15 is 0 Å². The van der Waals surface area contributed by atoms with Crippen LogP contribution in [0.2, 0.25) is 0 Å². The van der Waals surface area contributed by atoms with Gasteiger partial charge in [0.15, 0.2) is 0 Å². The molecule has 2 rings (SSSR count). The Morgan fingerprint density at radius 1 is 1.21 bits per heavy atom. The minimum atomic E-state index is -0.162.